The monoisotopic (exact) mass is 513 g/mol. The van der Waals surface area contributed by atoms with Crippen LogP contribution in [0.3, 0.4) is 0 Å². The molecule has 6 rings (SSSR count). The molecule has 2 fully saturated rings. The molecule has 2 aromatic carbocycles. The zero-order chi connectivity index (χ0) is 25.9. The van der Waals surface area contributed by atoms with Gasteiger partial charge in [0.1, 0.15) is 23.6 Å². The molecule has 0 radical (unpaired) electrons. The van der Waals surface area contributed by atoms with Crippen LogP contribution in [0, 0.1) is 0 Å². The van der Waals surface area contributed by atoms with Crippen LogP contribution in [0.25, 0.3) is 22.3 Å². The summed E-state index contributed by atoms with van der Waals surface area (Å²) >= 11 is 0. The van der Waals surface area contributed by atoms with Gasteiger partial charge in [-0.25, -0.2) is 14.6 Å². The average Bonchev–Trinajstić information content (AvgIpc) is 3.38. The van der Waals surface area contributed by atoms with Crippen LogP contribution < -0.4 is 15.8 Å². The Hall–Kier alpha value is -3.69. The molecule has 0 bridgehead atoms. The van der Waals surface area contributed by atoms with Crippen LogP contribution in [0.5, 0.6) is 5.75 Å². The molecule has 38 heavy (non-hydrogen) atoms. The normalized spacial score (nSPS) is 20.4. The Morgan fingerprint density at radius 3 is 2.53 bits per heavy atom. The number of nitrogens with zero attached hydrogens (tertiary/aromatic N) is 5. The van der Waals surface area contributed by atoms with Crippen LogP contribution in [0.4, 0.5) is 11.5 Å². The summed E-state index contributed by atoms with van der Waals surface area (Å²) in [6, 6.07) is 17.3. The molecule has 1 saturated carbocycles. The van der Waals surface area contributed by atoms with Gasteiger partial charge in [0.25, 0.3) is 0 Å². The minimum atomic E-state index is 0.284. The Labute approximate surface area is 223 Å². The van der Waals surface area contributed by atoms with E-state index >= 15 is 0 Å². The highest BCUT2D eigenvalue weighted by atomic mass is 16.5. The molecule has 2 aliphatic rings. The predicted molar refractivity (Wildman–Crippen MR) is 149 cm³/mol. The van der Waals surface area contributed by atoms with Crippen molar-refractivity contribution < 1.29 is 9.47 Å². The van der Waals surface area contributed by atoms with Gasteiger partial charge >= 0.3 is 0 Å². The lowest BCUT2D eigenvalue weighted by atomic mass is 9.90. The molecule has 1 aliphatic carbocycles. The molecule has 0 amide bonds. The molecule has 198 valence electrons. The molecule has 2 aromatic heterocycles. The van der Waals surface area contributed by atoms with Gasteiger partial charge in [-0.1, -0.05) is 36.4 Å². The van der Waals surface area contributed by atoms with Crippen LogP contribution in [0.15, 0.2) is 54.9 Å². The second kappa shape index (κ2) is 11.0. The van der Waals surface area contributed by atoms with Crippen LogP contribution >= 0.6 is 0 Å². The van der Waals surface area contributed by atoms with Gasteiger partial charge in [0, 0.05) is 31.2 Å². The smallest absolute Gasteiger partial charge is 0.164 e. The van der Waals surface area contributed by atoms with Gasteiger partial charge in [-0.05, 0) is 43.4 Å². The molecule has 3 N–H and O–H groups in total. The minimum Gasteiger partial charge on any atom is -0.495 e. The molecular formula is C29H35N7O2. The number of nitrogens with one attached hydrogen (secondary N) is 1. The van der Waals surface area contributed by atoms with Gasteiger partial charge in [0.15, 0.2) is 5.65 Å². The maximum atomic E-state index is 6.40. The number of hydrogen-bond acceptors (Lipinski definition) is 8. The summed E-state index contributed by atoms with van der Waals surface area (Å²) in [6.45, 7) is 4.46. The fourth-order valence-electron chi connectivity index (χ4n) is 5.84. The molecule has 0 spiro atoms. The third-order valence-electron chi connectivity index (χ3n) is 7.89. The highest BCUT2D eigenvalue weighted by Crippen LogP contribution is 2.39. The number of benzene rings is 2. The lowest BCUT2D eigenvalue weighted by Crippen LogP contribution is -2.45. The first-order valence-electron chi connectivity index (χ1n) is 13.5. The summed E-state index contributed by atoms with van der Waals surface area (Å²) < 4.78 is 13.4. The first-order chi connectivity index (χ1) is 18.7. The van der Waals surface area contributed by atoms with Crippen LogP contribution in [-0.2, 0) is 11.3 Å². The maximum absolute atomic E-state index is 6.40. The number of ether oxygens (including phenoxy) is 2. The molecule has 9 nitrogen and oxygen atoms in total. The van der Waals surface area contributed by atoms with E-state index in [1.54, 1.807) is 7.11 Å². The second-order valence-corrected chi connectivity index (χ2v) is 10.1. The number of aromatic nitrogens is 4. The van der Waals surface area contributed by atoms with E-state index in [9.17, 15) is 0 Å². The lowest BCUT2D eigenvalue weighted by molar-refractivity contribution is 0.00520. The van der Waals surface area contributed by atoms with Crippen molar-refractivity contribution in [3.05, 3.63) is 60.4 Å². The predicted octanol–water partition coefficient (Wildman–Crippen LogP) is 4.51. The molecule has 3 heterocycles. The molecule has 9 heteroatoms. The molecule has 0 unspecified atom stereocenters. The van der Waals surface area contributed by atoms with Crippen molar-refractivity contribution in [2.45, 2.75) is 44.3 Å². The average molecular weight is 514 g/mol. The molecule has 0 atom stereocenters. The van der Waals surface area contributed by atoms with Crippen molar-refractivity contribution >= 4 is 22.5 Å². The summed E-state index contributed by atoms with van der Waals surface area (Å²) in [4.78, 5) is 11.5. The zero-order valence-corrected chi connectivity index (χ0v) is 21.8. The number of anilines is 2. The van der Waals surface area contributed by atoms with Crippen molar-refractivity contribution in [2.75, 3.05) is 44.5 Å². The maximum Gasteiger partial charge on any atom is 0.164 e. The Morgan fingerprint density at radius 2 is 1.76 bits per heavy atom. The number of hydrogen-bond donors (Lipinski definition) is 2. The Kier molecular flexibility index (Phi) is 7.11. The van der Waals surface area contributed by atoms with Crippen LogP contribution in [0.2, 0.25) is 0 Å². The van der Waals surface area contributed by atoms with E-state index in [0.29, 0.717) is 18.4 Å². The van der Waals surface area contributed by atoms with Gasteiger partial charge in [0.2, 0.25) is 0 Å². The SMILES string of the molecule is COc1cc(-c2nn(C3CCC(N4CCOCC4)CC3)c3ncnc(N)c23)ccc1NCc1ccccc1. The van der Waals surface area contributed by atoms with E-state index < -0.39 is 0 Å². The number of methoxy groups -OCH3 is 1. The van der Waals surface area contributed by atoms with E-state index in [0.717, 1.165) is 85.7 Å². The van der Waals surface area contributed by atoms with Crippen LogP contribution in [-0.4, -0.2) is 64.1 Å². The van der Waals surface area contributed by atoms with Crippen molar-refractivity contribution in [2.24, 2.45) is 0 Å². The Bertz CT molecular complexity index is 1380. The third-order valence-corrected chi connectivity index (χ3v) is 7.89. The molecule has 4 aromatic rings. The molecule has 1 saturated heterocycles. The standard InChI is InChI=1S/C29H35N7O2/c1-37-25-17-21(7-12-24(25)31-18-20-5-3-2-4-6-20)27-26-28(30)32-19-33-29(26)36(34-27)23-10-8-22(9-11-23)35-13-15-38-16-14-35/h2-7,12,17,19,22-23,31H,8-11,13-16,18H2,1H3,(H2,30,32,33). The number of morpholine rings is 1. The fraction of sp³-hybridized carbons (Fsp3) is 0.414. The Morgan fingerprint density at radius 1 is 1.00 bits per heavy atom. The first-order valence-corrected chi connectivity index (χ1v) is 13.5. The van der Waals surface area contributed by atoms with Gasteiger partial charge in [-0.3, -0.25) is 4.90 Å². The van der Waals surface area contributed by atoms with E-state index in [2.05, 4.69) is 43.1 Å². The van der Waals surface area contributed by atoms with E-state index in [4.69, 9.17) is 20.3 Å². The van der Waals surface area contributed by atoms with Gasteiger partial charge < -0.3 is 20.5 Å². The van der Waals surface area contributed by atoms with Crippen molar-refractivity contribution in [1.82, 2.24) is 24.6 Å². The Balaban J connectivity index is 1.27. The van der Waals surface area contributed by atoms with Gasteiger partial charge in [0.05, 0.1) is 37.4 Å². The second-order valence-electron chi connectivity index (χ2n) is 10.1. The quantitative estimate of drug-likeness (QED) is 0.372. The first kappa shape index (κ1) is 24.6. The van der Waals surface area contributed by atoms with Crippen molar-refractivity contribution in [3.8, 4) is 17.0 Å². The van der Waals surface area contributed by atoms with E-state index in [1.165, 1.54) is 11.9 Å². The largest absolute Gasteiger partial charge is 0.495 e. The topological polar surface area (TPSA) is 103 Å². The summed E-state index contributed by atoms with van der Waals surface area (Å²) in [5.74, 6) is 1.20. The number of rotatable bonds is 7. The zero-order valence-electron chi connectivity index (χ0n) is 21.8. The summed E-state index contributed by atoms with van der Waals surface area (Å²) in [5.41, 5.74) is 11.1. The van der Waals surface area contributed by atoms with E-state index in [1.807, 2.05) is 30.3 Å². The third kappa shape index (κ3) is 4.91. The highest BCUT2D eigenvalue weighted by Gasteiger charge is 2.30. The van der Waals surface area contributed by atoms with Gasteiger partial charge in [-0.2, -0.15) is 5.10 Å². The van der Waals surface area contributed by atoms with Crippen molar-refractivity contribution in [3.63, 3.8) is 0 Å². The summed E-state index contributed by atoms with van der Waals surface area (Å²) in [5, 5.41) is 9.39. The number of nitrogens with two attached hydrogens (primary N) is 1. The lowest BCUT2D eigenvalue weighted by Gasteiger charge is -2.38. The molecular weight excluding hydrogens is 478 g/mol. The van der Waals surface area contributed by atoms with Crippen LogP contribution in [0.1, 0.15) is 37.3 Å². The van der Waals surface area contributed by atoms with E-state index in [-0.39, 0.29) is 6.04 Å². The van der Waals surface area contributed by atoms with Crippen molar-refractivity contribution in [1.29, 1.82) is 0 Å². The number of fused-ring (bicyclic) bond motifs is 1. The highest BCUT2D eigenvalue weighted by molar-refractivity contribution is 5.98. The minimum absolute atomic E-state index is 0.284. The summed E-state index contributed by atoms with van der Waals surface area (Å²) in [6.07, 6.45) is 5.97. The molecule has 1 aliphatic heterocycles. The van der Waals surface area contributed by atoms with Gasteiger partial charge in [-0.15, -0.1) is 0 Å². The fourth-order valence-corrected chi connectivity index (χ4v) is 5.84. The number of nitrogen functional groups attached to an aromatic ring is 1. The summed E-state index contributed by atoms with van der Waals surface area (Å²) in [7, 11) is 1.69.